The minimum absolute atomic E-state index is 0.0481. The summed E-state index contributed by atoms with van der Waals surface area (Å²) in [6, 6.07) is 16.9. The second-order valence-corrected chi connectivity index (χ2v) is 7.26. The molecule has 0 saturated carbocycles. The fourth-order valence-electron chi connectivity index (χ4n) is 3.44. The molecular weight excluding hydrogens is 380 g/mol. The molecule has 4 rings (SSSR count). The van der Waals surface area contributed by atoms with E-state index in [1.54, 1.807) is 11.0 Å². The highest BCUT2D eigenvalue weighted by Crippen LogP contribution is 2.14. The molecule has 8 heteroatoms. The monoisotopic (exact) mass is 404 g/mol. The van der Waals surface area contributed by atoms with Crippen LogP contribution in [0.15, 0.2) is 60.9 Å². The summed E-state index contributed by atoms with van der Waals surface area (Å²) in [5.41, 5.74) is 2.61. The lowest BCUT2D eigenvalue weighted by Crippen LogP contribution is -2.29. The van der Waals surface area contributed by atoms with E-state index in [0.717, 1.165) is 37.1 Å². The molecule has 0 aliphatic carbocycles. The second-order valence-electron chi connectivity index (χ2n) is 7.26. The van der Waals surface area contributed by atoms with Crippen LogP contribution >= 0.6 is 0 Å². The van der Waals surface area contributed by atoms with Crippen molar-refractivity contribution in [2.24, 2.45) is 0 Å². The average Bonchev–Trinajstić information content (AvgIpc) is 3.45. The van der Waals surface area contributed by atoms with Crippen LogP contribution in [0, 0.1) is 0 Å². The van der Waals surface area contributed by atoms with Gasteiger partial charge in [0.1, 0.15) is 6.33 Å². The predicted molar refractivity (Wildman–Crippen MR) is 113 cm³/mol. The minimum Gasteiger partial charge on any atom is -0.339 e. The third-order valence-electron chi connectivity index (χ3n) is 4.97. The van der Waals surface area contributed by atoms with Crippen molar-refractivity contribution in [2.45, 2.75) is 25.9 Å². The summed E-state index contributed by atoms with van der Waals surface area (Å²) >= 11 is 0. The fraction of sp³-hybridized carbons (Fsp3) is 0.273. The quantitative estimate of drug-likeness (QED) is 0.661. The number of benzene rings is 2. The molecular formula is C22H24N6O2. The van der Waals surface area contributed by atoms with Gasteiger partial charge in [0.25, 0.3) is 5.91 Å². The van der Waals surface area contributed by atoms with Gasteiger partial charge in [-0.2, -0.15) is 0 Å². The maximum Gasteiger partial charge on any atom is 0.321 e. The van der Waals surface area contributed by atoms with Crippen LogP contribution in [0.2, 0.25) is 0 Å². The average molecular weight is 404 g/mol. The van der Waals surface area contributed by atoms with Crippen LogP contribution in [0.5, 0.6) is 0 Å². The highest BCUT2D eigenvalue weighted by atomic mass is 16.2. The number of hydrogen-bond donors (Lipinski definition) is 2. The number of nitrogens with zero attached hydrogens (tertiary/aromatic N) is 4. The third-order valence-corrected chi connectivity index (χ3v) is 4.97. The zero-order valence-electron chi connectivity index (χ0n) is 16.6. The number of carbonyl (C=O) groups excluding carboxylic acids is 2. The van der Waals surface area contributed by atoms with Gasteiger partial charge < -0.3 is 10.2 Å². The van der Waals surface area contributed by atoms with E-state index >= 15 is 0 Å². The Morgan fingerprint density at radius 3 is 2.53 bits per heavy atom. The molecule has 2 N–H and O–H groups in total. The van der Waals surface area contributed by atoms with E-state index in [4.69, 9.17) is 0 Å². The van der Waals surface area contributed by atoms with Gasteiger partial charge in [0, 0.05) is 25.2 Å². The summed E-state index contributed by atoms with van der Waals surface area (Å²) in [6.45, 7) is 2.51. The van der Waals surface area contributed by atoms with Gasteiger partial charge in [0.05, 0.1) is 6.54 Å². The normalized spacial score (nSPS) is 13.3. The van der Waals surface area contributed by atoms with Crippen LogP contribution in [-0.2, 0) is 13.1 Å². The standard InChI is InChI=1S/C22H24N6O2/c29-20(27-11-4-5-12-27)19-10-6-9-18(13-19)14-23-22(30)25-21-24-16-28(26-21)15-17-7-2-1-3-8-17/h1-3,6-10,13,16H,4-5,11-12,14-15H2,(H2,23,25,26,30). The van der Waals surface area contributed by atoms with E-state index in [1.165, 1.54) is 0 Å². The van der Waals surface area contributed by atoms with Crippen molar-refractivity contribution in [3.63, 3.8) is 0 Å². The Morgan fingerprint density at radius 2 is 1.73 bits per heavy atom. The van der Waals surface area contributed by atoms with E-state index in [9.17, 15) is 9.59 Å². The van der Waals surface area contributed by atoms with Crippen molar-refractivity contribution < 1.29 is 9.59 Å². The molecule has 0 bridgehead atoms. The maximum absolute atomic E-state index is 12.5. The number of anilines is 1. The number of carbonyl (C=O) groups is 2. The van der Waals surface area contributed by atoms with E-state index in [1.807, 2.05) is 59.5 Å². The molecule has 154 valence electrons. The van der Waals surface area contributed by atoms with Crippen LogP contribution < -0.4 is 10.6 Å². The molecule has 0 unspecified atom stereocenters. The lowest BCUT2D eigenvalue weighted by molar-refractivity contribution is 0.0792. The predicted octanol–water partition coefficient (Wildman–Crippen LogP) is 2.88. The lowest BCUT2D eigenvalue weighted by Gasteiger charge is -2.15. The summed E-state index contributed by atoms with van der Waals surface area (Å²) in [7, 11) is 0. The molecule has 3 amide bonds. The van der Waals surface area contributed by atoms with Gasteiger partial charge in [-0.15, -0.1) is 5.10 Å². The molecule has 30 heavy (non-hydrogen) atoms. The van der Waals surface area contributed by atoms with Gasteiger partial charge in [-0.05, 0) is 36.1 Å². The van der Waals surface area contributed by atoms with Crippen molar-refractivity contribution in [1.82, 2.24) is 25.0 Å². The Labute approximate surface area is 174 Å². The number of likely N-dealkylation sites (tertiary alicyclic amines) is 1. The first kappa shape index (κ1) is 19.6. The number of hydrogen-bond acceptors (Lipinski definition) is 4. The number of nitrogens with one attached hydrogen (secondary N) is 2. The molecule has 2 aromatic carbocycles. The van der Waals surface area contributed by atoms with Crippen LogP contribution in [-0.4, -0.2) is 44.7 Å². The molecule has 1 aliphatic rings. The highest BCUT2D eigenvalue weighted by molar-refractivity contribution is 5.94. The Hall–Kier alpha value is -3.68. The first-order chi connectivity index (χ1) is 14.7. The molecule has 1 aromatic heterocycles. The molecule has 0 atom stereocenters. The van der Waals surface area contributed by atoms with Crippen molar-refractivity contribution in [2.75, 3.05) is 18.4 Å². The highest BCUT2D eigenvalue weighted by Gasteiger charge is 2.19. The molecule has 0 radical (unpaired) electrons. The van der Waals surface area contributed by atoms with Crippen molar-refractivity contribution in [3.05, 3.63) is 77.6 Å². The molecule has 0 spiro atoms. The van der Waals surface area contributed by atoms with Crippen LogP contribution in [0.3, 0.4) is 0 Å². The van der Waals surface area contributed by atoms with Crippen molar-refractivity contribution in [1.29, 1.82) is 0 Å². The van der Waals surface area contributed by atoms with E-state index in [0.29, 0.717) is 18.7 Å². The topological polar surface area (TPSA) is 92.2 Å². The first-order valence-corrected chi connectivity index (χ1v) is 10.0. The Kier molecular flexibility index (Phi) is 6.03. The summed E-state index contributed by atoms with van der Waals surface area (Å²) < 4.78 is 1.67. The lowest BCUT2D eigenvalue weighted by atomic mass is 10.1. The summed E-state index contributed by atoms with van der Waals surface area (Å²) in [6.07, 6.45) is 3.70. The Bertz CT molecular complexity index is 1010. The van der Waals surface area contributed by atoms with Crippen LogP contribution in [0.1, 0.15) is 34.3 Å². The molecule has 3 aromatic rings. The summed E-state index contributed by atoms with van der Waals surface area (Å²) in [5, 5.41) is 9.68. The molecule has 1 saturated heterocycles. The minimum atomic E-state index is -0.399. The second kappa shape index (κ2) is 9.21. The fourth-order valence-corrected chi connectivity index (χ4v) is 3.44. The van der Waals surface area contributed by atoms with E-state index < -0.39 is 6.03 Å². The molecule has 8 nitrogen and oxygen atoms in total. The summed E-state index contributed by atoms with van der Waals surface area (Å²) in [4.78, 5) is 30.7. The number of rotatable bonds is 6. The van der Waals surface area contributed by atoms with Gasteiger partial charge in [-0.3, -0.25) is 10.1 Å². The third kappa shape index (κ3) is 5.02. The van der Waals surface area contributed by atoms with Crippen LogP contribution in [0.4, 0.5) is 10.7 Å². The largest absolute Gasteiger partial charge is 0.339 e. The molecule has 1 aliphatic heterocycles. The smallest absolute Gasteiger partial charge is 0.321 e. The first-order valence-electron chi connectivity index (χ1n) is 10.0. The van der Waals surface area contributed by atoms with Crippen molar-refractivity contribution >= 4 is 17.9 Å². The Morgan fingerprint density at radius 1 is 0.967 bits per heavy atom. The number of urea groups is 1. The van der Waals surface area contributed by atoms with Gasteiger partial charge in [0.2, 0.25) is 5.95 Å². The number of amides is 3. The van der Waals surface area contributed by atoms with E-state index in [2.05, 4.69) is 20.7 Å². The molecule has 2 heterocycles. The van der Waals surface area contributed by atoms with Gasteiger partial charge in [0.15, 0.2) is 0 Å². The maximum atomic E-state index is 12.5. The molecule has 1 fully saturated rings. The van der Waals surface area contributed by atoms with Crippen molar-refractivity contribution in [3.8, 4) is 0 Å². The van der Waals surface area contributed by atoms with Crippen LogP contribution in [0.25, 0.3) is 0 Å². The van der Waals surface area contributed by atoms with Gasteiger partial charge >= 0.3 is 6.03 Å². The zero-order valence-corrected chi connectivity index (χ0v) is 16.6. The number of aromatic nitrogens is 3. The SMILES string of the molecule is O=C(NCc1cccc(C(=O)N2CCCC2)c1)Nc1ncn(Cc2ccccc2)n1. The zero-order chi connectivity index (χ0) is 20.8. The summed E-state index contributed by atoms with van der Waals surface area (Å²) in [5.74, 6) is 0.286. The van der Waals surface area contributed by atoms with Gasteiger partial charge in [-0.25, -0.2) is 14.5 Å². The Balaban J connectivity index is 1.29. The van der Waals surface area contributed by atoms with E-state index in [-0.39, 0.29) is 11.9 Å². The van der Waals surface area contributed by atoms with Gasteiger partial charge in [-0.1, -0.05) is 42.5 Å².